The van der Waals surface area contributed by atoms with Gasteiger partial charge in [0.25, 0.3) is 5.78 Å². The molecule has 1 aliphatic heterocycles. The summed E-state index contributed by atoms with van der Waals surface area (Å²) in [5.41, 5.74) is 0.889. The van der Waals surface area contributed by atoms with E-state index in [1.165, 1.54) is 12.8 Å². The molecule has 1 fully saturated rings. The van der Waals surface area contributed by atoms with Gasteiger partial charge in [-0.1, -0.05) is 0 Å². The number of nitrogens with zero attached hydrogens (tertiary/aromatic N) is 6. The summed E-state index contributed by atoms with van der Waals surface area (Å²) in [5.74, 6) is 1.68. The van der Waals surface area contributed by atoms with Gasteiger partial charge in [0, 0.05) is 32.3 Å². The Hall–Kier alpha value is -1.73. The quantitative estimate of drug-likeness (QED) is 0.830. The van der Waals surface area contributed by atoms with Crippen LogP contribution in [0, 0.1) is 0 Å². The number of hydrogen-bond donors (Lipinski definition) is 0. The van der Waals surface area contributed by atoms with Crippen LogP contribution < -0.4 is 4.90 Å². The molecule has 0 N–H and O–H groups in total. The van der Waals surface area contributed by atoms with Crippen LogP contribution in [0.4, 0.5) is 5.82 Å². The summed E-state index contributed by atoms with van der Waals surface area (Å²) in [6, 6.07) is 2.62. The third-order valence-electron chi connectivity index (χ3n) is 4.03. The lowest BCUT2D eigenvalue weighted by molar-refractivity contribution is 0.181. The predicted molar refractivity (Wildman–Crippen MR) is 80.4 cm³/mol. The summed E-state index contributed by atoms with van der Waals surface area (Å²) in [6.45, 7) is 2.52. The van der Waals surface area contributed by atoms with E-state index in [9.17, 15) is 0 Å². The van der Waals surface area contributed by atoms with Gasteiger partial charge < -0.3 is 14.5 Å². The molecule has 2 aromatic heterocycles. The summed E-state index contributed by atoms with van der Waals surface area (Å²) < 4.78 is 7.03. The van der Waals surface area contributed by atoms with Gasteiger partial charge in [-0.05, 0) is 26.9 Å². The van der Waals surface area contributed by atoms with E-state index in [1.807, 2.05) is 4.52 Å². The molecular formula is C14H22N6O. The molecule has 7 nitrogen and oxygen atoms in total. The highest BCUT2D eigenvalue weighted by molar-refractivity contribution is 5.47. The Morgan fingerprint density at radius 1 is 1.43 bits per heavy atom. The first-order chi connectivity index (χ1) is 10.2. The number of methoxy groups -OCH3 is 1. The minimum absolute atomic E-state index is 0.487. The monoisotopic (exact) mass is 290 g/mol. The van der Waals surface area contributed by atoms with Gasteiger partial charge in [-0.25, -0.2) is 4.98 Å². The minimum atomic E-state index is 0.487. The van der Waals surface area contributed by atoms with Gasteiger partial charge in [0.1, 0.15) is 12.1 Å². The topological polar surface area (TPSA) is 58.8 Å². The molecule has 1 atom stereocenters. The summed E-state index contributed by atoms with van der Waals surface area (Å²) in [5, 5.41) is 4.31. The molecular weight excluding hydrogens is 268 g/mol. The van der Waals surface area contributed by atoms with Crippen molar-refractivity contribution in [2.75, 3.05) is 39.2 Å². The fourth-order valence-electron chi connectivity index (χ4n) is 2.88. The van der Waals surface area contributed by atoms with Crippen LogP contribution in [-0.2, 0) is 11.3 Å². The molecule has 1 saturated heterocycles. The Labute approximate surface area is 124 Å². The smallest absolute Gasteiger partial charge is 0.254 e. The van der Waals surface area contributed by atoms with Crippen LogP contribution in [0.2, 0.25) is 0 Å². The SMILES string of the molecule is COCc1cc(N2CCCC(N(C)C)C2)n2ncnc2n1. The largest absolute Gasteiger partial charge is 0.378 e. The molecule has 0 amide bonds. The van der Waals surface area contributed by atoms with Crippen LogP contribution in [0.5, 0.6) is 0 Å². The highest BCUT2D eigenvalue weighted by Crippen LogP contribution is 2.22. The number of rotatable bonds is 4. The molecule has 2 aromatic rings. The number of likely N-dealkylation sites (N-methyl/N-ethyl adjacent to an activating group) is 1. The lowest BCUT2D eigenvalue weighted by Crippen LogP contribution is -2.45. The second kappa shape index (κ2) is 5.95. The highest BCUT2D eigenvalue weighted by atomic mass is 16.5. The summed E-state index contributed by atoms with van der Waals surface area (Å²) in [7, 11) is 5.96. The van der Waals surface area contributed by atoms with Crippen molar-refractivity contribution in [3.8, 4) is 0 Å². The van der Waals surface area contributed by atoms with Gasteiger partial charge in [0.05, 0.1) is 12.3 Å². The molecule has 3 rings (SSSR count). The average Bonchev–Trinajstić information content (AvgIpc) is 2.95. The lowest BCUT2D eigenvalue weighted by atomic mass is 10.0. The van der Waals surface area contributed by atoms with E-state index in [4.69, 9.17) is 4.74 Å². The number of fused-ring (bicyclic) bond motifs is 1. The summed E-state index contributed by atoms with van der Waals surface area (Å²) in [6.07, 6.45) is 3.97. The molecule has 1 unspecified atom stereocenters. The maximum Gasteiger partial charge on any atom is 0.254 e. The molecule has 114 valence electrons. The summed E-state index contributed by atoms with van der Waals surface area (Å²) >= 11 is 0. The van der Waals surface area contributed by atoms with Crippen molar-refractivity contribution in [3.63, 3.8) is 0 Å². The molecule has 3 heterocycles. The van der Waals surface area contributed by atoms with Gasteiger partial charge >= 0.3 is 0 Å². The van der Waals surface area contributed by atoms with Crippen molar-refractivity contribution in [1.29, 1.82) is 0 Å². The number of piperidine rings is 1. The third-order valence-corrected chi connectivity index (χ3v) is 4.03. The second-order valence-electron chi connectivity index (χ2n) is 5.72. The molecule has 0 aliphatic carbocycles. The van der Waals surface area contributed by atoms with E-state index in [0.29, 0.717) is 18.4 Å². The van der Waals surface area contributed by atoms with E-state index in [-0.39, 0.29) is 0 Å². The van der Waals surface area contributed by atoms with Crippen molar-refractivity contribution in [1.82, 2.24) is 24.5 Å². The maximum absolute atomic E-state index is 5.21. The zero-order valence-electron chi connectivity index (χ0n) is 12.9. The molecule has 7 heteroatoms. The fraction of sp³-hybridized carbons (Fsp3) is 0.643. The van der Waals surface area contributed by atoms with Gasteiger partial charge in [0.2, 0.25) is 0 Å². The summed E-state index contributed by atoms with van der Waals surface area (Å²) in [4.78, 5) is 13.3. The van der Waals surface area contributed by atoms with Crippen molar-refractivity contribution >= 4 is 11.6 Å². The third kappa shape index (κ3) is 2.84. The van der Waals surface area contributed by atoms with E-state index in [1.54, 1.807) is 13.4 Å². The zero-order chi connectivity index (χ0) is 14.8. The lowest BCUT2D eigenvalue weighted by Gasteiger charge is -2.37. The maximum atomic E-state index is 5.21. The van der Waals surface area contributed by atoms with Gasteiger partial charge in [-0.2, -0.15) is 14.6 Å². The molecule has 0 saturated carbocycles. The fourth-order valence-corrected chi connectivity index (χ4v) is 2.88. The first-order valence-electron chi connectivity index (χ1n) is 7.29. The van der Waals surface area contributed by atoms with Crippen LogP contribution in [0.15, 0.2) is 12.4 Å². The average molecular weight is 290 g/mol. The molecule has 0 aromatic carbocycles. The molecule has 0 spiro atoms. The van der Waals surface area contributed by atoms with Gasteiger partial charge in [-0.3, -0.25) is 0 Å². The first-order valence-corrected chi connectivity index (χ1v) is 7.29. The Morgan fingerprint density at radius 2 is 2.29 bits per heavy atom. The van der Waals surface area contributed by atoms with Crippen molar-refractivity contribution in [3.05, 3.63) is 18.1 Å². The second-order valence-corrected chi connectivity index (χ2v) is 5.72. The number of hydrogen-bond acceptors (Lipinski definition) is 6. The molecule has 0 radical (unpaired) electrons. The predicted octanol–water partition coefficient (Wildman–Crippen LogP) is 0.801. The number of anilines is 1. The highest BCUT2D eigenvalue weighted by Gasteiger charge is 2.24. The normalized spacial score (nSPS) is 19.6. The first kappa shape index (κ1) is 14.2. The van der Waals surface area contributed by atoms with E-state index in [2.05, 4.69) is 45.0 Å². The van der Waals surface area contributed by atoms with Crippen LogP contribution in [0.25, 0.3) is 5.78 Å². The van der Waals surface area contributed by atoms with Crippen molar-refractivity contribution < 1.29 is 4.74 Å². The van der Waals surface area contributed by atoms with Gasteiger partial charge in [0.15, 0.2) is 0 Å². The van der Waals surface area contributed by atoms with Crippen LogP contribution in [0.3, 0.4) is 0 Å². The van der Waals surface area contributed by atoms with Crippen molar-refractivity contribution in [2.45, 2.75) is 25.5 Å². The Morgan fingerprint density at radius 3 is 3.05 bits per heavy atom. The Kier molecular flexibility index (Phi) is 4.03. The number of aromatic nitrogens is 4. The molecule has 0 bridgehead atoms. The minimum Gasteiger partial charge on any atom is -0.378 e. The van der Waals surface area contributed by atoms with Crippen LogP contribution in [0.1, 0.15) is 18.5 Å². The van der Waals surface area contributed by atoms with E-state index in [0.717, 1.165) is 24.6 Å². The van der Waals surface area contributed by atoms with E-state index < -0.39 is 0 Å². The van der Waals surface area contributed by atoms with E-state index >= 15 is 0 Å². The number of ether oxygens (including phenoxy) is 1. The Balaban J connectivity index is 1.96. The molecule has 21 heavy (non-hydrogen) atoms. The standard InChI is InChI=1S/C14H22N6O/c1-18(2)12-5-4-6-19(8-12)13-7-11(9-21-3)17-14-15-10-16-20(13)14/h7,10,12H,4-6,8-9H2,1-3H3. The van der Waals surface area contributed by atoms with Gasteiger partial charge in [-0.15, -0.1) is 0 Å². The van der Waals surface area contributed by atoms with Crippen molar-refractivity contribution in [2.24, 2.45) is 0 Å². The Bertz CT molecular complexity index is 611. The van der Waals surface area contributed by atoms with Crippen LogP contribution >= 0.6 is 0 Å². The van der Waals surface area contributed by atoms with Crippen LogP contribution in [-0.4, -0.2) is 64.8 Å². The zero-order valence-corrected chi connectivity index (χ0v) is 12.9. The molecule has 1 aliphatic rings.